The molecule has 0 bridgehead atoms. The van der Waals surface area contributed by atoms with Gasteiger partial charge in [-0.3, -0.25) is 0 Å². The third-order valence-electron chi connectivity index (χ3n) is 3.11. The number of aryl methyl sites for hydroxylation is 1. The Hall–Kier alpha value is -0.530. The summed E-state index contributed by atoms with van der Waals surface area (Å²) in [5, 5.41) is 4.41. The van der Waals surface area contributed by atoms with Crippen LogP contribution in [0.4, 0.5) is 0 Å². The Morgan fingerprint density at radius 2 is 2.00 bits per heavy atom. The maximum absolute atomic E-state index is 6.27. The molecule has 0 radical (unpaired) electrons. The topological polar surface area (TPSA) is 12.0 Å². The maximum atomic E-state index is 6.27. The second kappa shape index (κ2) is 7.03. The van der Waals surface area contributed by atoms with Crippen molar-refractivity contribution in [2.24, 2.45) is 5.92 Å². The predicted molar refractivity (Wildman–Crippen MR) is 76.8 cm³/mol. The molecule has 2 heteroatoms. The van der Waals surface area contributed by atoms with Crippen LogP contribution < -0.4 is 5.32 Å². The molecule has 0 saturated heterocycles. The van der Waals surface area contributed by atoms with Crippen LogP contribution in [0.5, 0.6) is 0 Å². The molecule has 0 aliphatic rings. The molecular weight excluding hydrogens is 230 g/mol. The first-order valence-corrected chi connectivity index (χ1v) is 6.89. The van der Waals surface area contributed by atoms with Crippen LogP contribution >= 0.6 is 11.6 Å². The fourth-order valence-corrected chi connectivity index (χ4v) is 2.20. The van der Waals surface area contributed by atoms with Crippen LogP contribution in [-0.2, 0) is 6.42 Å². The molecular formula is C15H24ClN. The summed E-state index contributed by atoms with van der Waals surface area (Å²) >= 11 is 6.27. The molecule has 0 aromatic heterocycles. The van der Waals surface area contributed by atoms with Gasteiger partial charge in [0.05, 0.1) is 0 Å². The lowest BCUT2D eigenvalue weighted by molar-refractivity contribution is 0.436. The van der Waals surface area contributed by atoms with E-state index in [1.54, 1.807) is 0 Å². The third-order valence-corrected chi connectivity index (χ3v) is 3.46. The summed E-state index contributed by atoms with van der Waals surface area (Å²) in [7, 11) is 0. The first kappa shape index (κ1) is 14.5. The Labute approximate surface area is 111 Å². The van der Waals surface area contributed by atoms with Gasteiger partial charge in [0, 0.05) is 11.1 Å². The Morgan fingerprint density at radius 3 is 2.53 bits per heavy atom. The Morgan fingerprint density at radius 1 is 1.29 bits per heavy atom. The van der Waals surface area contributed by atoms with Crippen molar-refractivity contribution in [3.8, 4) is 0 Å². The lowest BCUT2D eigenvalue weighted by Gasteiger charge is -2.18. The first-order valence-electron chi connectivity index (χ1n) is 6.51. The van der Waals surface area contributed by atoms with E-state index in [0.29, 0.717) is 12.0 Å². The minimum Gasteiger partial charge on any atom is -0.314 e. The average molecular weight is 254 g/mol. The highest BCUT2D eigenvalue weighted by Crippen LogP contribution is 2.21. The molecule has 1 atom stereocenters. The quantitative estimate of drug-likeness (QED) is 0.801. The second-order valence-corrected chi connectivity index (χ2v) is 5.54. The third kappa shape index (κ3) is 5.10. The van der Waals surface area contributed by atoms with E-state index in [-0.39, 0.29) is 0 Å². The molecule has 0 spiro atoms. The molecule has 96 valence electrons. The van der Waals surface area contributed by atoms with Gasteiger partial charge in [0.25, 0.3) is 0 Å². The Balaban J connectivity index is 2.60. The molecule has 1 unspecified atom stereocenters. The summed E-state index contributed by atoms with van der Waals surface area (Å²) < 4.78 is 0. The van der Waals surface area contributed by atoms with Crippen molar-refractivity contribution in [2.75, 3.05) is 6.54 Å². The van der Waals surface area contributed by atoms with Crippen molar-refractivity contribution in [3.63, 3.8) is 0 Å². The Kier molecular flexibility index (Phi) is 6.01. The molecule has 1 aromatic rings. The van der Waals surface area contributed by atoms with Crippen LogP contribution in [-0.4, -0.2) is 12.6 Å². The summed E-state index contributed by atoms with van der Waals surface area (Å²) in [6.45, 7) is 9.76. The van der Waals surface area contributed by atoms with E-state index in [0.717, 1.165) is 18.0 Å². The van der Waals surface area contributed by atoms with Crippen molar-refractivity contribution in [3.05, 3.63) is 34.3 Å². The normalized spacial score (nSPS) is 13.1. The van der Waals surface area contributed by atoms with Crippen molar-refractivity contribution in [1.29, 1.82) is 0 Å². The highest BCUT2D eigenvalue weighted by Gasteiger charge is 2.10. The zero-order chi connectivity index (χ0) is 12.8. The van der Waals surface area contributed by atoms with Crippen molar-refractivity contribution in [2.45, 2.75) is 46.6 Å². The van der Waals surface area contributed by atoms with Crippen LogP contribution in [0.2, 0.25) is 5.02 Å². The molecule has 0 saturated carbocycles. The molecule has 0 heterocycles. The standard InChI is InChI=1S/C15H24ClN/c1-5-13(10-17-11(2)3)9-14-7-6-12(4)8-15(14)16/h6-8,11,13,17H,5,9-10H2,1-4H3. The van der Waals surface area contributed by atoms with Gasteiger partial charge in [0.15, 0.2) is 0 Å². The van der Waals surface area contributed by atoms with Crippen LogP contribution in [0.1, 0.15) is 38.3 Å². The zero-order valence-electron chi connectivity index (χ0n) is 11.4. The van der Waals surface area contributed by atoms with E-state index in [1.807, 2.05) is 0 Å². The van der Waals surface area contributed by atoms with Gasteiger partial charge in [-0.15, -0.1) is 0 Å². The number of nitrogens with one attached hydrogen (secondary N) is 1. The van der Waals surface area contributed by atoms with Crippen molar-refractivity contribution >= 4 is 11.6 Å². The van der Waals surface area contributed by atoms with E-state index in [2.05, 4.69) is 51.2 Å². The van der Waals surface area contributed by atoms with E-state index in [9.17, 15) is 0 Å². The SMILES string of the molecule is CCC(CNC(C)C)Cc1ccc(C)cc1Cl. The lowest BCUT2D eigenvalue weighted by Crippen LogP contribution is -2.29. The number of hydrogen-bond acceptors (Lipinski definition) is 1. The van der Waals surface area contributed by atoms with Crippen LogP contribution in [0.15, 0.2) is 18.2 Å². The second-order valence-electron chi connectivity index (χ2n) is 5.14. The molecule has 0 amide bonds. The van der Waals surface area contributed by atoms with Gasteiger partial charge in [-0.05, 0) is 43.0 Å². The van der Waals surface area contributed by atoms with Gasteiger partial charge in [-0.25, -0.2) is 0 Å². The van der Waals surface area contributed by atoms with Gasteiger partial charge >= 0.3 is 0 Å². The minimum absolute atomic E-state index is 0.553. The predicted octanol–water partition coefficient (Wildman–Crippen LogP) is 4.22. The van der Waals surface area contributed by atoms with Crippen molar-refractivity contribution < 1.29 is 0 Å². The van der Waals surface area contributed by atoms with Gasteiger partial charge in [0.2, 0.25) is 0 Å². The van der Waals surface area contributed by atoms with E-state index < -0.39 is 0 Å². The Bertz CT molecular complexity index is 347. The summed E-state index contributed by atoms with van der Waals surface area (Å²) in [5.41, 5.74) is 2.50. The molecule has 1 aromatic carbocycles. The van der Waals surface area contributed by atoms with Gasteiger partial charge in [-0.1, -0.05) is 50.9 Å². The molecule has 0 aliphatic carbocycles. The number of rotatable bonds is 6. The van der Waals surface area contributed by atoms with Gasteiger partial charge in [-0.2, -0.15) is 0 Å². The number of halogens is 1. The number of benzene rings is 1. The molecule has 1 nitrogen and oxygen atoms in total. The maximum Gasteiger partial charge on any atom is 0.0440 e. The monoisotopic (exact) mass is 253 g/mol. The van der Waals surface area contributed by atoms with Crippen LogP contribution in [0, 0.1) is 12.8 Å². The summed E-state index contributed by atoms with van der Waals surface area (Å²) in [4.78, 5) is 0. The fraction of sp³-hybridized carbons (Fsp3) is 0.600. The molecule has 0 fully saturated rings. The molecule has 1 rings (SSSR count). The smallest absolute Gasteiger partial charge is 0.0440 e. The summed E-state index contributed by atoms with van der Waals surface area (Å²) in [6, 6.07) is 6.91. The largest absolute Gasteiger partial charge is 0.314 e. The number of hydrogen-bond donors (Lipinski definition) is 1. The fourth-order valence-electron chi connectivity index (χ4n) is 1.89. The van der Waals surface area contributed by atoms with E-state index in [1.165, 1.54) is 17.5 Å². The summed E-state index contributed by atoms with van der Waals surface area (Å²) in [6.07, 6.45) is 2.25. The molecule has 17 heavy (non-hydrogen) atoms. The zero-order valence-corrected chi connectivity index (χ0v) is 12.1. The van der Waals surface area contributed by atoms with Crippen LogP contribution in [0.25, 0.3) is 0 Å². The lowest BCUT2D eigenvalue weighted by atomic mass is 9.96. The molecule has 0 aliphatic heterocycles. The van der Waals surface area contributed by atoms with Gasteiger partial charge < -0.3 is 5.32 Å². The minimum atomic E-state index is 0.553. The first-order chi connectivity index (χ1) is 8.02. The highest BCUT2D eigenvalue weighted by molar-refractivity contribution is 6.31. The average Bonchev–Trinajstić information content (AvgIpc) is 2.26. The van der Waals surface area contributed by atoms with E-state index >= 15 is 0 Å². The highest BCUT2D eigenvalue weighted by atomic mass is 35.5. The van der Waals surface area contributed by atoms with Crippen LogP contribution in [0.3, 0.4) is 0 Å². The van der Waals surface area contributed by atoms with Gasteiger partial charge in [0.1, 0.15) is 0 Å². The summed E-state index contributed by atoms with van der Waals surface area (Å²) in [5.74, 6) is 0.664. The van der Waals surface area contributed by atoms with Crippen molar-refractivity contribution in [1.82, 2.24) is 5.32 Å². The molecule has 1 N–H and O–H groups in total. The van der Waals surface area contributed by atoms with E-state index in [4.69, 9.17) is 11.6 Å².